The Bertz CT molecular complexity index is 921. The number of nitrogens with zero attached hydrogens (tertiary/aromatic N) is 4. The number of aromatic nitrogens is 5. The third kappa shape index (κ3) is 5.50. The number of piperidine rings is 1. The van der Waals surface area contributed by atoms with Crippen molar-refractivity contribution in [3.63, 3.8) is 0 Å². The van der Waals surface area contributed by atoms with Gasteiger partial charge in [0.2, 0.25) is 0 Å². The van der Waals surface area contributed by atoms with Crippen molar-refractivity contribution in [2.45, 2.75) is 63.8 Å². The van der Waals surface area contributed by atoms with E-state index in [1.54, 1.807) is 6.92 Å². The largest absolute Gasteiger partial charge is 0.483 e. The first-order chi connectivity index (χ1) is 15.2. The van der Waals surface area contributed by atoms with E-state index in [0.29, 0.717) is 24.5 Å². The average Bonchev–Trinajstić information content (AvgIpc) is 3.36. The number of imidazole rings is 1. The molecule has 0 unspecified atom stereocenters. The Hall–Kier alpha value is -2.83. The number of carbonyl (C=O) groups is 2. The van der Waals surface area contributed by atoms with Gasteiger partial charge in [-0.25, -0.2) is 9.97 Å². The van der Waals surface area contributed by atoms with Gasteiger partial charge in [0.25, 0.3) is 12.4 Å². The number of ether oxygens (including phenoxy) is 1. The summed E-state index contributed by atoms with van der Waals surface area (Å²) in [4.78, 5) is 34.7. The number of hydrogen-bond donors (Lipinski definition) is 5. The number of aryl methyl sites for hydroxylation is 2. The van der Waals surface area contributed by atoms with Crippen LogP contribution < -0.4 is 5.32 Å². The summed E-state index contributed by atoms with van der Waals surface area (Å²) in [5, 5.41) is 27.6. The van der Waals surface area contributed by atoms with Crippen LogP contribution >= 0.6 is 0 Å². The summed E-state index contributed by atoms with van der Waals surface area (Å²) in [6, 6.07) is 0. The van der Waals surface area contributed by atoms with Crippen molar-refractivity contribution < 1.29 is 24.5 Å². The molecule has 12 nitrogen and oxygen atoms in total. The van der Waals surface area contributed by atoms with Crippen molar-refractivity contribution in [1.82, 2.24) is 35.4 Å². The number of carboxylic acid groups (broad SMARTS) is 1. The number of aliphatic hydroxyl groups excluding tert-OH is 1. The van der Waals surface area contributed by atoms with Crippen molar-refractivity contribution in [3.05, 3.63) is 29.4 Å². The van der Waals surface area contributed by atoms with E-state index in [2.05, 4.69) is 35.4 Å². The van der Waals surface area contributed by atoms with Gasteiger partial charge in [-0.15, -0.1) is 0 Å². The van der Waals surface area contributed by atoms with Gasteiger partial charge in [0.1, 0.15) is 23.4 Å². The highest BCUT2D eigenvalue weighted by Crippen LogP contribution is 2.40. The molecule has 0 aliphatic carbocycles. The molecule has 4 rings (SSSR count). The van der Waals surface area contributed by atoms with E-state index >= 15 is 0 Å². The molecule has 0 saturated carbocycles. The van der Waals surface area contributed by atoms with E-state index in [4.69, 9.17) is 14.6 Å². The number of aliphatic hydroxyl groups is 1. The summed E-state index contributed by atoms with van der Waals surface area (Å²) in [7, 11) is 0. The fourth-order valence-corrected chi connectivity index (χ4v) is 4.37. The Labute approximate surface area is 185 Å². The first kappa shape index (κ1) is 23.8. The van der Waals surface area contributed by atoms with Crippen LogP contribution in [0.25, 0.3) is 0 Å². The highest BCUT2D eigenvalue weighted by Gasteiger charge is 2.50. The van der Waals surface area contributed by atoms with E-state index in [1.165, 1.54) is 6.20 Å². The fraction of sp³-hybridized carbons (Fsp3) is 0.650. The van der Waals surface area contributed by atoms with Crippen molar-refractivity contribution in [2.75, 3.05) is 19.7 Å². The van der Waals surface area contributed by atoms with Gasteiger partial charge in [-0.3, -0.25) is 19.6 Å². The number of hydrogen-bond acceptors (Lipinski definition) is 8. The Balaban J connectivity index is 0.000000913. The maximum atomic E-state index is 12.6. The minimum atomic E-state index is -0.768. The van der Waals surface area contributed by atoms with Gasteiger partial charge in [-0.05, 0) is 33.6 Å². The number of likely N-dealkylation sites (tertiary alicyclic amines) is 1. The van der Waals surface area contributed by atoms with Gasteiger partial charge >= 0.3 is 0 Å². The van der Waals surface area contributed by atoms with E-state index in [0.717, 1.165) is 37.6 Å². The standard InChI is InChI=1S/C19H29N7O3.CH2O2/c1-12-20-8-14(21-12)17(28)23-18(3)11-19(29-10-15(18)27)4-6-26(7-5-19)9-16-22-13(2)24-25-16;2-1-3/h8,15,27H,4-7,9-11H2,1-3H3,(H,20,21)(H,23,28)(H,22,24,25);1H,(H,2,3)/t15-,18-;/m1./s1. The molecule has 2 atom stereocenters. The molecular weight excluding hydrogens is 418 g/mol. The molecule has 2 saturated heterocycles. The number of nitrogens with one attached hydrogen (secondary N) is 3. The quantitative estimate of drug-likeness (QED) is 0.408. The van der Waals surface area contributed by atoms with Gasteiger partial charge in [-0.1, -0.05) is 0 Å². The molecule has 0 bridgehead atoms. The van der Waals surface area contributed by atoms with Crippen LogP contribution in [0.3, 0.4) is 0 Å². The predicted molar refractivity (Wildman–Crippen MR) is 113 cm³/mol. The zero-order valence-electron chi connectivity index (χ0n) is 18.6. The second-order valence-corrected chi connectivity index (χ2v) is 8.66. The van der Waals surface area contributed by atoms with Crippen LogP contribution in [0.5, 0.6) is 0 Å². The zero-order valence-corrected chi connectivity index (χ0v) is 18.6. The third-order valence-corrected chi connectivity index (χ3v) is 6.09. The first-order valence-electron chi connectivity index (χ1n) is 10.5. The molecule has 5 N–H and O–H groups in total. The molecule has 1 spiro atoms. The average molecular weight is 450 g/mol. The molecule has 2 aliphatic heterocycles. The zero-order chi connectivity index (χ0) is 23.4. The lowest BCUT2D eigenvalue weighted by molar-refractivity contribution is -0.177. The first-order valence-corrected chi connectivity index (χ1v) is 10.5. The normalized spacial score (nSPS) is 25.1. The molecule has 2 fully saturated rings. The summed E-state index contributed by atoms with van der Waals surface area (Å²) >= 11 is 0. The van der Waals surface area contributed by atoms with Crippen LogP contribution in [0.15, 0.2) is 6.20 Å². The number of amides is 1. The van der Waals surface area contributed by atoms with E-state index in [9.17, 15) is 9.90 Å². The SMILES string of the molecule is Cc1nc(CN2CCC3(CC2)C[C@@](C)(NC(=O)c2cnc(C)[nH]2)[C@H](O)CO3)n[nH]1.O=CO. The van der Waals surface area contributed by atoms with Crippen molar-refractivity contribution in [3.8, 4) is 0 Å². The van der Waals surface area contributed by atoms with E-state index in [-0.39, 0.29) is 24.6 Å². The van der Waals surface area contributed by atoms with Crippen molar-refractivity contribution in [1.29, 1.82) is 0 Å². The highest BCUT2D eigenvalue weighted by molar-refractivity contribution is 5.92. The molecule has 0 aromatic carbocycles. The molecule has 2 aliphatic rings. The number of aromatic amines is 2. The Morgan fingerprint density at radius 2 is 2.06 bits per heavy atom. The molecule has 2 aromatic heterocycles. The topological polar surface area (TPSA) is 169 Å². The van der Waals surface area contributed by atoms with Gasteiger partial charge < -0.3 is 25.3 Å². The monoisotopic (exact) mass is 449 g/mol. The van der Waals surface area contributed by atoms with Crippen LogP contribution in [-0.2, 0) is 16.1 Å². The highest BCUT2D eigenvalue weighted by atomic mass is 16.5. The fourth-order valence-electron chi connectivity index (χ4n) is 4.37. The smallest absolute Gasteiger partial charge is 0.290 e. The van der Waals surface area contributed by atoms with Gasteiger partial charge in [0.05, 0.1) is 30.5 Å². The van der Waals surface area contributed by atoms with Crippen LogP contribution in [0.2, 0.25) is 0 Å². The molecule has 2 aromatic rings. The van der Waals surface area contributed by atoms with E-state index < -0.39 is 11.6 Å². The summed E-state index contributed by atoms with van der Waals surface area (Å²) in [5.41, 5.74) is -0.721. The maximum absolute atomic E-state index is 12.6. The second kappa shape index (κ2) is 9.76. The molecular formula is C20H31N7O5. The van der Waals surface area contributed by atoms with Crippen LogP contribution in [0.4, 0.5) is 0 Å². The predicted octanol–water partition coefficient (Wildman–Crippen LogP) is 0.150. The lowest BCUT2D eigenvalue weighted by atomic mass is 9.74. The van der Waals surface area contributed by atoms with Crippen LogP contribution in [0, 0.1) is 13.8 Å². The molecule has 0 radical (unpaired) electrons. The Kier molecular flexibility index (Phi) is 7.26. The number of carbonyl (C=O) groups excluding carboxylic acids is 1. The van der Waals surface area contributed by atoms with Crippen LogP contribution in [-0.4, -0.2) is 89.6 Å². The van der Waals surface area contributed by atoms with Gasteiger partial charge in [0, 0.05) is 19.5 Å². The molecule has 176 valence electrons. The molecule has 32 heavy (non-hydrogen) atoms. The maximum Gasteiger partial charge on any atom is 0.290 e. The van der Waals surface area contributed by atoms with Crippen molar-refractivity contribution >= 4 is 12.4 Å². The van der Waals surface area contributed by atoms with Gasteiger partial charge in [-0.2, -0.15) is 5.10 Å². The summed E-state index contributed by atoms with van der Waals surface area (Å²) in [6.07, 6.45) is 2.97. The van der Waals surface area contributed by atoms with Crippen molar-refractivity contribution in [2.24, 2.45) is 0 Å². The molecule has 12 heteroatoms. The lowest BCUT2D eigenvalue weighted by Gasteiger charge is -2.51. The molecule has 1 amide bonds. The summed E-state index contributed by atoms with van der Waals surface area (Å²) in [6.45, 7) is 7.95. The lowest BCUT2D eigenvalue weighted by Crippen LogP contribution is -2.65. The number of H-pyrrole nitrogens is 2. The Morgan fingerprint density at radius 3 is 2.62 bits per heavy atom. The number of rotatable bonds is 4. The summed E-state index contributed by atoms with van der Waals surface area (Å²) < 4.78 is 6.12. The minimum absolute atomic E-state index is 0.207. The summed E-state index contributed by atoms with van der Waals surface area (Å²) in [5.74, 6) is 2.03. The Morgan fingerprint density at radius 1 is 1.38 bits per heavy atom. The minimum Gasteiger partial charge on any atom is -0.483 e. The van der Waals surface area contributed by atoms with Crippen LogP contribution in [0.1, 0.15) is 54.1 Å². The third-order valence-electron chi connectivity index (χ3n) is 6.09. The second-order valence-electron chi connectivity index (χ2n) is 8.66. The van der Waals surface area contributed by atoms with E-state index in [1.807, 2.05) is 13.8 Å². The molecule has 4 heterocycles. The van der Waals surface area contributed by atoms with Gasteiger partial charge in [0.15, 0.2) is 5.82 Å².